The third kappa shape index (κ3) is 5.20. The molecule has 1 aliphatic carbocycles. The number of piperidine rings is 1. The molecule has 1 aromatic heterocycles. The van der Waals surface area contributed by atoms with Crippen LogP contribution >= 0.6 is 0 Å². The van der Waals surface area contributed by atoms with Gasteiger partial charge in [0, 0.05) is 24.2 Å². The minimum atomic E-state index is -4.70. The smallest absolute Gasteiger partial charge is 0.418 e. The minimum Gasteiger partial charge on any atom is -0.492 e. The zero-order valence-electron chi connectivity index (χ0n) is 20.3. The summed E-state index contributed by atoms with van der Waals surface area (Å²) in [6, 6.07) is 5.46. The van der Waals surface area contributed by atoms with Crippen molar-refractivity contribution in [1.82, 2.24) is 14.9 Å². The van der Waals surface area contributed by atoms with E-state index >= 15 is 0 Å². The Hall–Kier alpha value is -2.86. The summed E-state index contributed by atoms with van der Waals surface area (Å²) in [5.74, 6) is -0.0647. The zero-order valence-corrected chi connectivity index (χ0v) is 20.3. The SMILES string of the molecule is CC1CC(O)(c2ccc(C(F)(F)F)cc2)CC(COc2cc(C(F)(F)F)c3c(c2)ncn3C2CC(F)C2)N1. The summed E-state index contributed by atoms with van der Waals surface area (Å²) in [6.45, 7) is 1.70. The molecule has 3 unspecified atom stereocenters. The Balaban J connectivity index is 1.35. The van der Waals surface area contributed by atoms with Gasteiger partial charge in [-0.1, -0.05) is 12.1 Å². The van der Waals surface area contributed by atoms with Gasteiger partial charge in [0.2, 0.25) is 0 Å². The van der Waals surface area contributed by atoms with Crippen LogP contribution in [0.2, 0.25) is 0 Å². The Labute approximate surface area is 213 Å². The molecule has 2 N–H and O–H groups in total. The predicted octanol–water partition coefficient (Wildman–Crippen LogP) is 6.15. The van der Waals surface area contributed by atoms with Gasteiger partial charge in [0.25, 0.3) is 0 Å². The van der Waals surface area contributed by atoms with Crippen LogP contribution in [0.1, 0.15) is 55.3 Å². The Morgan fingerprint density at radius 3 is 2.34 bits per heavy atom. The number of imidazole rings is 1. The normalized spacial score (nSPS) is 28.3. The van der Waals surface area contributed by atoms with Gasteiger partial charge < -0.3 is 19.7 Å². The van der Waals surface area contributed by atoms with Crippen LogP contribution in [0.5, 0.6) is 5.75 Å². The number of hydrogen-bond donors (Lipinski definition) is 2. The summed E-state index contributed by atoms with van der Waals surface area (Å²) in [5.41, 5.74) is -2.93. The van der Waals surface area contributed by atoms with E-state index in [1.54, 1.807) is 6.92 Å². The molecule has 1 saturated carbocycles. The Morgan fingerprint density at radius 1 is 1.05 bits per heavy atom. The highest BCUT2D eigenvalue weighted by Gasteiger charge is 2.41. The first-order valence-electron chi connectivity index (χ1n) is 12.2. The van der Waals surface area contributed by atoms with E-state index in [2.05, 4.69) is 10.3 Å². The number of halogens is 7. The van der Waals surface area contributed by atoms with Gasteiger partial charge >= 0.3 is 12.4 Å². The van der Waals surface area contributed by atoms with E-state index < -0.39 is 47.3 Å². The highest BCUT2D eigenvalue weighted by Crippen LogP contribution is 2.43. The van der Waals surface area contributed by atoms with E-state index in [0.717, 1.165) is 18.2 Å². The van der Waals surface area contributed by atoms with Gasteiger partial charge in [-0.25, -0.2) is 9.37 Å². The molecule has 38 heavy (non-hydrogen) atoms. The van der Waals surface area contributed by atoms with Gasteiger partial charge in [-0.2, -0.15) is 26.3 Å². The number of aliphatic hydroxyl groups is 1. The second kappa shape index (κ2) is 9.41. The summed E-state index contributed by atoms with van der Waals surface area (Å²) in [7, 11) is 0. The third-order valence-corrected chi connectivity index (χ3v) is 7.35. The summed E-state index contributed by atoms with van der Waals surface area (Å²) in [6.07, 6.45) is -8.37. The lowest BCUT2D eigenvalue weighted by atomic mass is 9.79. The summed E-state index contributed by atoms with van der Waals surface area (Å²) >= 11 is 0. The van der Waals surface area contributed by atoms with Gasteiger partial charge in [0.05, 0.1) is 34.1 Å². The van der Waals surface area contributed by atoms with E-state index in [4.69, 9.17) is 4.74 Å². The minimum absolute atomic E-state index is 0.0647. The Kier molecular flexibility index (Phi) is 6.62. The average molecular weight is 545 g/mol. The number of alkyl halides is 7. The highest BCUT2D eigenvalue weighted by molar-refractivity contribution is 5.82. The topological polar surface area (TPSA) is 59.3 Å². The molecular formula is C26H26F7N3O2. The molecule has 206 valence electrons. The maximum Gasteiger partial charge on any atom is 0.418 e. The first-order valence-corrected chi connectivity index (χ1v) is 12.2. The molecule has 3 aromatic rings. The van der Waals surface area contributed by atoms with Crippen molar-refractivity contribution in [1.29, 1.82) is 0 Å². The van der Waals surface area contributed by atoms with Crippen molar-refractivity contribution in [2.45, 2.75) is 74.9 Å². The number of nitrogens with zero attached hydrogens (tertiary/aromatic N) is 2. The van der Waals surface area contributed by atoms with Gasteiger partial charge in [0.1, 0.15) is 18.5 Å². The van der Waals surface area contributed by atoms with Crippen LogP contribution in [0.4, 0.5) is 30.7 Å². The molecule has 5 rings (SSSR count). The molecule has 2 fully saturated rings. The molecule has 2 aromatic carbocycles. The fourth-order valence-corrected chi connectivity index (χ4v) is 5.50. The molecule has 5 nitrogen and oxygen atoms in total. The Bertz CT molecular complexity index is 1300. The molecule has 0 amide bonds. The van der Waals surface area contributed by atoms with Crippen LogP contribution < -0.4 is 10.1 Å². The van der Waals surface area contributed by atoms with E-state index in [-0.39, 0.29) is 55.1 Å². The van der Waals surface area contributed by atoms with Gasteiger partial charge in [0.15, 0.2) is 0 Å². The molecule has 0 bridgehead atoms. The fraction of sp³-hybridized carbons (Fsp3) is 0.500. The maximum absolute atomic E-state index is 14.0. The highest BCUT2D eigenvalue weighted by atomic mass is 19.4. The van der Waals surface area contributed by atoms with Crippen LogP contribution in [0.25, 0.3) is 11.0 Å². The molecule has 1 saturated heterocycles. The standard InChI is InChI=1S/C26H26F7N3O2/c1-14-10-24(37,15-2-4-16(5-3-15)25(28,29)30)11-18(35-14)12-38-20-8-21(26(31,32)33)23-22(9-20)34-13-36(23)19-6-17(27)7-19/h2-5,8-9,13-14,17-19,35,37H,6-7,10-12H2,1H3. The van der Waals surface area contributed by atoms with Crippen molar-refractivity contribution in [3.63, 3.8) is 0 Å². The van der Waals surface area contributed by atoms with Crippen LogP contribution in [0, 0.1) is 0 Å². The van der Waals surface area contributed by atoms with Crippen LogP contribution in [0.3, 0.4) is 0 Å². The number of benzene rings is 2. The maximum atomic E-state index is 14.0. The van der Waals surface area contributed by atoms with E-state index in [0.29, 0.717) is 5.56 Å². The van der Waals surface area contributed by atoms with Crippen molar-refractivity contribution in [3.05, 3.63) is 59.4 Å². The number of fused-ring (bicyclic) bond motifs is 1. The molecule has 0 spiro atoms. The number of aromatic nitrogens is 2. The number of nitrogens with one attached hydrogen (secondary N) is 1. The van der Waals surface area contributed by atoms with Crippen LogP contribution in [-0.2, 0) is 18.0 Å². The molecule has 2 heterocycles. The fourth-order valence-electron chi connectivity index (χ4n) is 5.50. The second-order valence-electron chi connectivity index (χ2n) is 10.3. The van der Waals surface area contributed by atoms with Gasteiger partial charge in [-0.15, -0.1) is 0 Å². The van der Waals surface area contributed by atoms with Crippen LogP contribution in [-0.4, -0.2) is 39.5 Å². The zero-order chi connectivity index (χ0) is 27.5. The molecule has 12 heteroatoms. The lowest BCUT2D eigenvalue weighted by molar-refractivity contribution is -0.138. The number of ether oxygens (including phenoxy) is 1. The van der Waals surface area contributed by atoms with Gasteiger partial charge in [-0.3, -0.25) is 0 Å². The van der Waals surface area contributed by atoms with E-state index in [1.165, 1.54) is 29.1 Å². The van der Waals surface area contributed by atoms with Gasteiger partial charge in [-0.05, 0) is 56.4 Å². The van der Waals surface area contributed by atoms with Crippen LogP contribution in [0.15, 0.2) is 42.7 Å². The van der Waals surface area contributed by atoms with Crippen molar-refractivity contribution < 1.29 is 40.6 Å². The predicted molar refractivity (Wildman–Crippen MR) is 124 cm³/mol. The summed E-state index contributed by atoms with van der Waals surface area (Å²) < 4.78 is 101. The van der Waals surface area contributed by atoms with Crippen molar-refractivity contribution >= 4 is 11.0 Å². The quantitative estimate of drug-likeness (QED) is 0.378. The third-order valence-electron chi connectivity index (χ3n) is 7.35. The van der Waals surface area contributed by atoms with Crippen molar-refractivity contribution in [3.8, 4) is 5.75 Å². The first kappa shape index (κ1) is 26.7. The number of hydrogen-bond acceptors (Lipinski definition) is 4. The lowest BCUT2D eigenvalue weighted by Crippen LogP contribution is -2.53. The second-order valence-corrected chi connectivity index (χ2v) is 10.3. The van der Waals surface area contributed by atoms with E-state index in [9.17, 15) is 35.8 Å². The first-order chi connectivity index (χ1) is 17.7. The largest absolute Gasteiger partial charge is 0.492 e. The molecule has 1 aliphatic heterocycles. The summed E-state index contributed by atoms with van der Waals surface area (Å²) in [4.78, 5) is 4.10. The number of rotatable bonds is 5. The molecule has 0 radical (unpaired) electrons. The van der Waals surface area contributed by atoms with Crippen molar-refractivity contribution in [2.24, 2.45) is 0 Å². The van der Waals surface area contributed by atoms with Crippen molar-refractivity contribution in [2.75, 3.05) is 6.61 Å². The molecule has 3 atom stereocenters. The lowest BCUT2D eigenvalue weighted by Gasteiger charge is -2.41. The average Bonchev–Trinajstić information content (AvgIpc) is 3.22. The molecule has 2 aliphatic rings. The molecular weight excluding hydrogens is 519 g/mol. The summed E-state index contributed by atoms with van der Waals surface area (Å²) in [5, 5.41) is 14.5. The Morgan fingerprint density at radius 2 is 1.74 bits per heavy atom. The van der Waals surface area contributed by atoms with E-state index in [1.807, 2.05) is 0 Å². The monoisotopic (exact) mass is 545 g/mol.